The Balaban J connectivity index is 1.92. The fourth-order valence-corrected chi connectivity index (χ4v) is 3.60. The molecule has 0 unspecified atom stereocenters. The number of aliphatic hydroxyl groups excluding tert-OH is 1. The van der Waals surface area contributed by atoms with Crippen LogP contribution in [0.25, 0.3) is 0 Å². The Morgan fingerprint density at radius 1 is 1.28 bits per heavy atom. The quantitative estimate of drug-likeness (QED) is 0.415. The number of carbonyl (C=O) groups excluding carboxylic acids is 1. The maximum Gasteiger partial charge on any atom is 0.330 e. The van der Waals surface area contributed by atoms with Gasteiger partial charge in [-0.1, -0.05) is 18.7 Å². The highest BCUT2D eigenvalue weighted by atomic mass is 16.6. The van der Waals surface area contributed by atoms with Gasteiger partial charge in [-0.05, 0) is 74.5 Å². The van der Waals surface area contributed by atoms with E-state index in [9.17, 15) is 4.79 Å². The topological polar surface area (TPSA) is 55.8 Å². The molecule has 0 heterocycles. The first kappa shape index (κ1) is 19.5. The van der Waals surface area contributed by atoms with Gasteiger partial charge in [0.1, 0.15) is 19.0 Å². The second-order valence-corrected chi connectivity index (χ2v) is 6.84. The summed E-state index contributed by atoms with van der Waals surface area (Å²) in [5, 5.41) is 8.99. The number of benzene rings is 1. The predicted molar refractivity (Wildman–Crippen MR) is 98.8 cm³/mol. The summed E-state index contributed by atoms with van der Waals surface area (Å²) in [6.07, 6.45) is 7.98. The molecule has 1 aromatic carbocycles. The van der Waals surface area contributed by atoms with Crippen molar-refractivity contribution < 1.29 is 19.4 Å². The second kappa shape index (κ2) is 10.2. The Kier molecular flexibility index (Phi) is 7.99. The van der Waals surface area contributed by atoms with Crippen LogP contribution >= 0.6 is 0 Å². The maximum atomic E-state index is 11.1. The number of carbonyl (C=O) groups is 1. The predicted octanol–water partition coefficient (Wildman–Crippen LogP) is 4.15. The molecule has 0 radical (unpaired) electrons. The fraction of sp³-hybridized carbons (Fsp3) is 0.571. The maximum absolute atomic E-state index is 11.1. The van der Waals surface area contributed by atoms with E-state index in [1.54, 1.807) is 0 Å². The number of hydrogen-bond donors (Lipinski definition) is 1. The van der Waals surface area contributed by atoms with Gasteiger partial charge >= 0.3 is 5.97 Å². The molecule has 1 fully saturated rings. The molecule has 0 aliphatic heterocycles. The molecule has 0 bridgehead atoms. The average Bonchev–Trinajstić information content (AvgIpc) is 2.64. The number of aryl methyl sites for hydroxylation is 1. The van der Waals surface area contributed by atoms with Crippen LogP contribution in [0.1, 0.15) is 55.6 Å². The van der Waals surface area contributed by atoms with E-state index in [0.717, 1.165) is 30.6 Å². The first-order valence-electron chi connectivity index (χ1n) is 9.27. The minimum atomic E-state index is -0.422. The number of hydrogen-bond acceptors (Lipinski definition) is 4. The Hall–Kier alpha value is -1.81. The van der Waals surface area contributed by atoms with E-state index in [-0.39, 0.29) is 6.61 Å². The molecule has 0 saturated heterocycles. The van der Waals surface area contributed by atoms with Crippen molar-refractivity contribution in [3.63, 3.8) is 0 Å². The summed E-state index contributed by atoms with van der Waals surface area (Å²) in [6.45, 7) is 6.31. The summed E-state index contributed by atoms with van der Waals surface area (Å²) >= 11 is 0. The van der Waals surface area contributed by atoms with Gasteiger partial charge in [0, 0.05) is 12.7 Å². The molecule has 1 N–H and O–H groups in total. The highest BCUT2D eigenvalue weighted by Gasteiger charge is 2.24. The molecule has 0 atom stereocenters. The summed E-state index contributed by atoms with van der Waals surface area (Å²) in [4.78, 5) is 11.1. The van der Waals surface area contributed by atoms with Gasteiger partial charge in [-0.25, -0.2) is 4.79 Å². The molecule has 1 aliphatic rings. The van der Waals surface area contributed by atoms with Gasteiger partial charge in [-0.3, -0.25) is 0 Å². The van der Waals surface area contributed by atoms with Crippen LogP contribution in [-0.4, -0.2) is 30.9 Å². The largest absolute Gasteiger partial charge is 0.490 e. The van der Waals surface area contributed by atoms with Crippen molar-refractivity contribution >= 4 is 5.97 Å². The Labute approximate surface area is 150 Å². The molecule has 0 amide bonds. The van der Waals surface area contributed by atoms with Crippen molar-refractivity contribution in [1.29, 1.82) is 0 Å². The smallest absolute Gasteiger partial charge is 0.330 e. The highest BCUT2D eigenvalue weighted by molar-refractivity contribution is 5.81. The van der Waals surface area contributed by atoms with E-state index in [2.05, 4.69) is 31.7 Å². The number of esters is 1. The van der Waals surface area contributed by atoms with E-state index in [0.29, 0.717) is 19.1 Å². The van der Waals surface area contributed by atoms with Gasteiger partial charge in [0.15, 0.2) is 0 Å². The molecular weight excluding hydrogens is 316 g/mol. The van der Waals surface area contributed by atoms with Crippen molar-refractivity contribution in [2.75, 3.05) is 19.8 Å². The van der Waals surface area contributed by atoms with Gasteiger partial charge in [-0.15, -0.1) is 0 Å². The third-order valence-corrected chi connectivity index (χ3v) is 4.98. The van der Waals surface area contributed by atoms with Crippen LogP contribution in [0.5, 0.6) is 5.75 Å². The molecule has 2 rings (SSSR count). The number of rotatable bonds is 9. The van der Waals surface area contributed by atoms with Gasteiger partial charge in [0.05, 0.1) is 0 Å². The van der Waals surface area contributed by atoms with Crippen LogP contribution in [0.4, 0.5) is 0 Å². The molecule has 1 saturated carbocycles. The molecule has 4 nitrogen and oxygen atoms in total. The van der Waals surface area contributed by atoms with E-state index in [1.165, 1.54) is 36.8 Å². The number of aliphatic hydroxyl groups is 1. The zero-order chi connectivity index (χ0) is 18.1. The van der Waals surface area contributed by atoms with E-state index in [4.69, 9.17) is 14.6 Å². The van der Waals surface area contributed by atoms with Crippen LogP contribution in [0.15, 0.2) is 30.9 Å². The minimum Gasteiger partial charge on any atom is -0.490 e. The lowest BCUT2D eigenvalue weighted by Gasteiger charge is -2.30. The van der Waals surface area contributed by atoms with Crippen molar-refractivity contribution in [3.8, 4) is 5.75 Å². The van der Waals surface area contributed by atoms with Gasteiger partial charge < -0.3 is 14.6 Å². The van der Waals surface area contributed by atoms with Crippen molar-refractivity contribution in [2.45, 2.75) is 51.4 Å². The lowest BCUT2D eigenvalue weighted by molar-refractivity contribution is -0.138. The summed E-state index contributed by atoms with van der Waals surface area (Å²) < 4.78 is 10.9. The van der Waals surface area contributed by atoms with Crippen LogP contribution in [0.3, 0.4) is 0 Å². The molecule has 0 spiro atoms. The molecule has 4 heteroatoms. The average molecular weight is 346 g/mol. The Bertz CT molecular complexity index is 559. The van der Waals surface area contributed by atoms with Crippen LogP contribution < -0.4 is 4.74 Å². The molecule has 0 aromatic heterocycles. The SMILES string of the molecule is C=CC(=O)OCCOc1cc(C)ccc1C1CCC(CCCO)CC1. The summed E-state index contributed by atoms with van der Waals surface area (Å²) in [5.41, 5.74) is 2.43. The second-order valence-electron chi connectivity index (χ2n) is 6.84. The first-order chi connectivity index (χ1) is 12.1. The zero-order valence-electron chi connectivity index (χ0n) is 15.2. The summed E-state index contributed by atoms with van der Waals surface area (Å²) in [5.74, 6) is 1.76. The van der Waals surface area contributed by atoms with Crippen molar-refractivity contribution in [1.82, 2.24) is 0 Å². The summed E-state index contributed by atoms with van der Waals surface area (Å²) in [7, 11) is 0. The van der Waals surface area contributed by atoms with E-state index >= 15 is 0 Å². The minimum absolute atomic E-state index is 0.228. The third-order valence-electron chi connectivity index (χ3n) is 4.98. The fourth-order valence-electron chi connectivity index (χ4n) is 3.60. The van der Waals surface area contributed by atoms with Crippen molar-refractivity contribution in [3.05, 3.63) is 42.0 Å². The molecule has 1 aliphatic carbocycles. The standard InChI is InChI=1S/C21H30O4/c1-3-21(23)25-14-13-24-20-15-16(2)6-11-19(20)18-9-7-17(8-10-18)5-4-12-22/h3,6,11,15,17-18,22H,1,4-5,7-10,12-14H2,2H3. The number of ether oxygens (including phenoxy) is 2. The van der Waals surface area contributed by atoms with Crippen molar-refractivity contribution in [2.24, 2.45) is 5.92 Å². The molecule has 1 aromatic rings. The van der Waals surface area contributed by atoms with Crippen LogP contribution in [0.2, 0.25) is 0 Å². The third kappa shape index (κ3) is 6.20. The highest BCUT2D eigenvalue weighted by Crippen LogP contribution is 2.41. The Morgan fingerprint density at radius 2 is 2.04 bits per heavy atom. The van der Waals surface area contributed by atoms with E-state index in [1.807, 2.05) is 0 Å². The lowest BCUT2D eigenvalue weighted by atomic mass is 9.77. The Morgan fingerprint density at radius 3 is 2.72 bits per heavy atom. The van der Waals surface area contributed by atoms with Gasteiger partial charge in [0.25, 0.3) is 0 Å². The van der Waals surface area contributed by atoms with Crippen LogP contribution in [-0.2, 0) is 9.53 Å². The van der Waals surface area contributed by atoms with Gasteiger partial charge in [0.2, 0.25) is 0 Å². The molecule has 138 valence electrons. The van der Waals surface area contributed by atoms with Crippen LogP contribution in [0, 0.1) is 12.8 Å². The van der Waals surface area contributed by atoms with Gasteiger partial charge in [-0.2, -0.15) is 0 Å². The summed E-state index contributed by atoms with van der Waals surface area (Å²) in [6, 6.07) is 6.39. The normalized spacial score (nSPS) is 20.1. The van der Waals surface area contributed by atoms with E-state index < -0.39 is 5.97 Å². The zero-order valence-corrected chi connectivity index (χ0v) is 15.2. The first-order valence-corrected chi connectivity index (χ1v) is 9.27. The lowest BCUT2D eigenvalue weighted by Crippen LogP contribution is -2.16. The monoisotopic (exact) mass is 346 g/mol. The molecular formula is C21H30O4. The molecule has 25 heavy (non-hydrogen) atoms.